The predicted octanol–water partition coefficient (Wildman–Crippen LogP) is 0.0117. The number of carbonyl (C=O) groups excluding carboxylic acids is 2. The first-order valence-electron chi connectivity index (χ1n) is 6.10. The van der Waals surface area contributed by atoms with E-state index in [0.717, 1.165) is 6.42 Å². The van der Waals surface area contributed by atoms with Gasteiger partial charge in [0, 0.05) is 6.54 Å². The summed E-state index contributed by atoms with van der Waals surface area (Å²) in [5.41, 5.74) is 2.56. The number of pyridine rings is 1. The monoisotopic (exact) mass is 265 g/mol. The second kappa shape index (κ2) is 7.32. The van der Waals surface area contributed by atoms with Crippen molar-refractivity contribution in [2.45, 2.75) is 26.3 Å². The molecule has 0 saturated carbocycles. The van der Waals surface area contributed by atoms with Crippen LogP contribution in [0.5, 0.6) is 0 Å². The number of anilines is 1. The molecule has 0 spiro atoms. The summed E-state index contributed by atoms with van der Waals surface area (Å²) in [6, 6.07) is 4.22. The van der Waals surface area contributed by atoms with Crippen molar-refractivity contribution in [3.8, 4) is 0 Å². The molecule has 0 saturated heterocycles. The number of hydrogen-bond acceptors (Lipinski definition) is 5. The van der Waals surface area contributed by atoms with Crippen LogP contribution in [0.25, 0.3) is 0 Å². The van der Waals surface area contributed by atoms with Crippen LogP contribution in [0.1, 0.15) is 30.8 Å². The van der Waals surface area contributed by atoms with E-state index in [1.807, 2.05) is 6.92 Å². The van der Waals surface area contributed by atoms with Gasteiger partial charge in [0.05, 0.1) is 0 Å². The maximum atomic E-state index is 11.9. The quantitative estimate of drug-likeness (QED) is 0.428. The summed E-state index contributed by atoms with van der Waals surface area (Å²) in [4.78, 5) is 27.5. The summed E-state index contributed by atoms with van der Waals surface area (Å²) in [7, 11) is 0. The maximum absolute atomic E-state index is 11.9. The highest BCUT2D eigenvalue weighted by Crippen LogP contribution is 2.03. The van der Waals surface area contributed by atoms with Crippen molar-refractivity contribution >= 4 is 17.6 Å². The van der Waals surface area contributed by atoms with Gasteiger partial charge in [-0.25, -0.2) is 10.8 Å². The van der Waals surface area contributed by atoms with E-state index >= 15 is 0 Å². The van der Waals surface area contributed by atoms with Crippen molar-refractivity contribution in [3.05, 3.63) is 23.9 Å². The average molecular weight is 265 g/mol. The summed E-state index contributed by atoms with van der Waals surface area (Å²) >= 11 is 0. The van der Waals surface area contributed by atoms with E-state index in [-0.39, 0.29) is 11.6 Å². The van der Waals surface area contributed by atoms with Crippen molar-refractivity contribution in [1.82, 2.24) is 15.6 Å². The molecule has 1 aromatic heterocycles. The Kier molecular flexibility index (Phi) is 5.74. The van der Waals surface area contributed by atoms with Crippen molar-refractivity contribution in [2.24, 2.45) is 5.84 Å². The lowest BCUT2D eigenvalue weighted by molar-refractivity contribution is -0.122. The summed E-state index contributed by atoms with van der Waals surface area (Å²) in [5.74, 6) is 4.96. The molecule has 7 nitrogen and oxygen atoms in total. The zero-order valence-electron chi connectivity index (χ0n) is 11.1. The molecule has 1 aromatic rings. The van der Waals surface area contributed by atoms with Crippen LogP contribution in [0.4, 0.5) is 5.82 Å². The summed E-state index contributed by atoms with van der Waals surface area (Å²) in [6.07, 6.45) is 0.845. The minimum atomic E-state index is -0.615. The molecule has 1 atom stereocenters. The fraction of sp³-hybridized carbons (Fsp3) is 0.417. The van der Waals surface area contributed by atoms with Gasteiger partial charge in [-0.05, 0) is 25.5 Å². The molecule has 1 unspecified atom stereocenters. The molecule has 104 valence electrons. The number of nitrogens with two attached hydrogens (primary N) is 1. The number of rotatable bonds is 6. The molecular formula is C12H19N5O2. The normalized spacial score (nSPS) is 11.5. The van der Waals surface area contributed by atoms with Crippen LogP contribution in [0.15, 0.2) is 18.2 Å². The molecule has 0 radical (unpaired) electrons. The maximum Gasteiger partial charge on any atom is 0.270 e. The topological polar surface area (TPSA) is 109 Å². The van der Waals surface area contributed by atoms with E-state index in [0.29, 0.717) is 12.4 Å². The van der Waals surface area contributed by atoms with Gasteiger partial charge in [-0.15, -0.1) is 0 Å². The molecule has 19 heavy (non-hydrogen) atoms. The molecule has 1 heterocycles. The minimum Gasteiger partial charge on any atom is -0.354 e. The Morgan fingerprint density at radius 2 is 2.16 bits per heavy atom. The lowest BCUT2D eigenvalue weighted by Crippen LogP contribution is -2.45. The van der Waals surface area contributed by atoms with Gasteiger partial charge in [0.2, 0.25) is 5.91 Å². The van der Waals surface area contributed by atoms with Gasteiger partial charge in [-0.2, -0.15) is 0 Å². The van der Waals surface area contributed by atoms with Gasteiger partial charge in [0.1, 0.15) is 17.6 Å². The zero-order chi connectivity index (χ0) is 14.3. The van der Waals surface area contributed by atoms with E-state index in [2.05, 4.69) is 21.0 Å². The number of nitrogens with zero attached hydrogens (tertiary/aromatic N) is 1. The fourth-order valence-electron chi connectivity index (χ4n) is 1.38. The third kappa shape index (κ3) is 4.55. The van der Waals surface area contributed by atoms with Crippen LogP contribution in [-0.4, -0.2) is 29.4 Å². The first-order valence-corrected chi connectivity index (χ1v) is 6.10. The number of aromatic nitrogens is 1. The second-order valence-electron chi connectivity index (χ2n) is 4.04. The van der Waals surface area contributed by atoms with Crippen molar-refractivity contribution in [2.75, 3.05) is 12.0 Å². The molecule has 7 heteroatoms. The van der Waals surface area contributed by atoms with Gasteiger partial charge < -0.3 is 16.1 Å². The molecule has 0 aliphatic heterocycles. The largest absolute Gasteiger partial charge is 0.354 e. The second-order valence-corrected chi connectivity index (χ2v) is 4.04. The molecule has 0 aliphatic carbocycles. The molecule has 5 N–H and O–H groups in total. The SMILES string of the molecule is CCCNC(=O)C(C)NC(=O)c1cccc(NN)n1. The van der Waals surface area contributed by atoms with Gasteiger partial charge in [-0.3, -0.25) is 9.59 Å². The lowest BCUT2D eigenvalue weighted by Gasteiger charge is -2.13. The van der Waals surface area contributed by atoms with Crippen LogP contribution in [0.3, 0.4) is 0 Å². The third-order valence-electron chi connectivity index (χ3n) is 2.42. The fourth-order valence-corrected chi connectivity index (χ4v) is 1.38. The van der Waals surface area contributed by atoms with Crippen LogP contribution in [-0.2, 0) is 4.79 Å². The Balaban J connectivity index is 2.60. The highest BCUT2D eigenvalue weighted by Gasteiger charge is 2.16. The Hall–Kier alpha value is -2.15. The standard InChI is InChI=1S/C12H19N5O2/c1-3-7-14-11(18)8(2)15-12(19)9-5-4-6-10(16-9)17-13/h4-6,8H,3,7,13H2,1-2H3,(H,14,18)(H,15,19)(H,16,17). The number of nitrogens with one attached hydrogen (secondary N) is 3. The van der Waals surface area contributed by atoms with E-state index in [9.17, 15) is 9.59 Å². The van der Waals surface area contributed by atoms with Gasteiger partial charge >= 0.3 is 0 Å². The first kappa shape index (κ1) is 14.9. The zero-order valence-corrected chi connectivity index (χ0v) is 11.1. The predicted molar refractivity (Wildman–Crippen MR) is 72.3 cm³/mol. The number of amides is 2. The highest BCUT2D eigenvalue weighted by atomic mass is 16.2. The van der Waals surface area contributed by atoms with Crippen molar-refractivity contribution in [3.63, 3.8) is 0 Å². The minimum absolute atomic E-state index is 0.200. The molecule has 0 aliphatic rings. The smallest absolute Gasteiger partial charge is 0.270 e. The van der Waals surface area contributed by atoms with E-state index in [1.165, 1.54) is 0 Å². The molecule has 0 fully saturated rings. The van der Waals surface area contributed by atoms with Crippen molar-refractivity contribution < 1.29 is 9.59 Å². The molecule has 0 aromatic carbocycles. The Bertz CT molecular complexity index is 450. The van der Waals surface area contributed by atoms with Crippen LogP contribution in [0, 0.1) is 0 Å². The van der Waals surface area contributed by atoms with Gasteiger partial charge in [0.25, 0.3) is 5.91 Å². The Morgan fingerprint density at radius 3 is 2.79 bits per heavy atom. The molecule has 1 rings (SSSR count). The van der Waals surface area contributed by atoms with Crippen LogP contribution >= 0.6 is 0 Å². The number of carbonyl (C=O) groups is 2. The number of nitrogen functional groups attached to an aromatic ring is 1. The highest BCUT2D eigenvalue weighted by molar-refractivity contribution is 5.96. The number of hydrogen-bond donors (Lipinski definition) is 4. The third-order valence-corrected chi connectivity index (χ3v) is 2.42. The van der Waals surface area contributed by atoms with E-state index in [1.54, 1.807) is 25.1 Å². The van der Waals surface area contributed by atoms with Crippen LogP contribution < -0.4 is 21.9 Å². The first-order chi connectivity index (χ1) is 9.08. The van der Waals surface area contributed by atoms with Gasteiger partial charge in [-0.1, -0.05) is 13.0 Å². The summed E-state index contributed by atoms with van der Waals surface area (Å²) in [6.45, 7) is 4.16. The van der Waals surface area contributed by atoms with Crippen molar-refractivity contribution in [1.29, 1.82) is 0 Å². The lowest BCUT2D eigenvalue weighted by atomic mass is 10.2. The molecule has 0 bridgehead atoms. The molecular weight excluding hydrogens is 246 g/mol. The molecule has 2 amide bonds. The van der Waals surface area contributed by atoms with E-state index < -0.39 is 11.9 Å². The number of hydrazine groups is 1. The van der Waals surface area contributed by atoms with E-state index in [4.69, 9.17) is 5.84 Å². The van der Waals surface area contributed by atoms with Gasteiger partial charge in [0.15, 0.2) is 0 Å². The summed E-state index contributed by atoms with van der Waals surface area (Å²) < 4.78 is 0. The Morgan fingerprint density at radius 1 is 1.42 bits per heavy atom. The summed E-state index contributed by atoms with van der Waals surface area (Å²) in [5, 5.41) is 5.28. The Labute approximate surface area is 111 Å². The average Bonchev–Trinajstić information content (AvgIpc) is 2.44. The van der Waals surface area contributed by atoms with Crippen LogP contribution in [0.2, 0.25) is 0 Å².